The van der Waals surface area contributed by atoms with Gasteiger partial charge in [-0.2, -0.15) is 0 Å². The number of aromatic nitrogens is 1. The molecule has 1 fully saturated rings. The number of hydrogen-bond donors (Lipinski definition) is 2. The first-order valence-corrected chi connectivity index (χ1v) is 8.24. The summed E-state index contributed by atoms with van der Waals surface area (Å²) in [4.78, 5) is 16.1. The highest BCUT2D eigenvalue weighted by Gasteiger charge is 2.41. The van der Waals surface area contributed by atoms with Gasteiger partial charge >= 0.3 is 0 Å². The average molecular weight is 322 g/mol. The highest BCUT2D eigenvalue weighted by atomic mass is 19.1. The fourth-order valence-corrected chi connectivity index (χ4v) is 3.72. The molecule has 0 unspecified atom stereocenters. The van der Waals surface area contributed by atoms with Gasteiger partial charge in [-0.15, -0.1) is 0 Å². The zero-order valence-corrected chi connectivity index (χ0v) is 13.3. The maximum Gasteiger partial charge on any atom is 0.170 e. The highest BCUT2D eigenvalue weighted by molar-refractivity contribution is 6.03. The van der Waals surface area contributed by atoms with Crippen molar-refractivity contribution in [3.05, 3.63) is 71.7 Å². The van der Waals surface area contributed by atoms with Crippen molar-refractivity contribution in [2.45, 2.75) is 12.8 Å². The number of fused-ring (bicyclic) bond motifs is 1. The smallest absolute Gasteiger partial charge is 0.170 e. The van der Waals surface area contributed by atoms with E-state index < -0.39 is 5.41 Å². The SMILES string of the molecule is O=C(c1cc(F)c2[nH]ccc2c1)[C@@]1(Cc2ccccc2)CCNC1. The fraction of sp³-hybridized carbons (Fsp3) is 0.250. The molecule has 2 aromatic carbocycles. The van der Waals surface area contributed by atoms with Crippen molar-refractivity contribution in [2.75, 3.05) is 13.1 Å². The fourth-order valence-electron chi connectivity index (χ4n) is 3.72. The molecule has 1 saturated heterocycles. The van der Waals surface area contributed by atoms with Crippen molar-refractivity contribution in [3.63, 3.8) is 0 Å². The maximum absolute atomic E-state index is 14.3. The van der Waals surface area contributed by atoms with Crippen LogP contribution in [0, 0.1) is 11.2 Å². The Kier molecular flexibility index (Phi) is 3.69. The molecule has 24 heavy (non-hydrogen) atoms. The van der Waals surface area contributed by atoms with Gasteiger partial charge in [-0.05, 0) is 43.1 Å². The largest absolute Gasteiger partial charge is 0.359 e. The zero-order chi connectivity index (χ0) is 16.6. The predicted octanol–water partition coefficient (Wildman–Crippen LogP) is 3.71. The summed E-state index contributed by atoms with van der Waals surface area (Å²) in [6.07, 6.45) is 3.14. The van der Waals surface area contributed by atoms with E-state index in [4.69, 9.17) is 0 Å². The molecule has 1 atom stereocenters. The van der Waals surface area contributed by atoms with E-state index in [9.17, 15) is 9.18 Å². The predicted molar refractivity (Wildman–Crippen MR) is 92.7 cm³/mol. The first kappa shape index (κ1) is 15.1. The Labute approximate surface area is 139 Å². The van der Waals surface area contributed by atoms with Gasteiger partial charge in [0.1, 0.15) is 5.82 Å². The molecule has 0 radical (unpaired) electrons. The summed E-state index contributed by atoms with van der Waals surface area (Å²) < 4.78 is 14.3. The van der Waals surface area contributed by atoms with E-state index in [0.29, 0.717) is 24.0 Å². The van der Waals surface area contributed by atoms with Crippen LogP contribution in [-0.4, -0.2) is 23.9 Å². The van der Waals surface area contributed by atoms with Crippen LogP contribution in [0.3, 0.4) is 0 Å². The van der Waals surface area contributed by atoms with E-state index in [-0.39, 0.29) is 11.6 Å². The molecule has 1 aliphatic rings. The number of hydrogen-bond acceptors (Lipinski definition) is 2. The molecular weight excluding hydrogens is 303 g/mol. The minimum absolute atomic E-state index is 0.0263. The van der Waals surface area contributed by atoms with Gasteiger partial charge in [-0.25, -0.2) is 4.39 Å². The number of aromatic amines is 1. The van der Waals surface area contributed by atoms with Gasteiger partial charge in [-0.1, -0.05) is 30.3 Å². The van der Waals surface area contributed by atoms with E-state index >= 15 is 0 Å². The number of rotatable bonds is 4. The number of carbonyl (C=O) groups excluding carboxylic acids is 1. The molecule has 122 valence electrons. The third-order valence-electron chi connectivity index (χ3n) is 4.98. The van der Waals surface area contributed by atoms with E-state index in [1.165, 1.54) is 6.07 Å². The Bertz CT molecular complexity index is 879. The number of nitrogens with one attached hydrogen (secondary N) is 2. The van der Waals surface area contributed by atoms with Crippen molar-refractivity contribution in [3.8, 4) is 0 Å². The van der Waals surface area contributed by atoms with E-state index in [1.807, 2.05) is 30.3 Å². The molecule has 4 rings (SSSR count). The van der Waals surface area contributed by atoms with Crippen LogP contribution in [0.15, 0.2) is 54.7 Å². The Morgan fingerprint density at radius 1 is 1.17 bits per heavy atom. The summed E-state index contributed by atoms with van der Waals surface area (Å²) in [7, 11) is 0. The standard InChI is InChI=1S/C20H19FN2O/c21-17-11-16(10-15-6-8-23-18(15)17)19(24)20(7-9-22-13-20)12-14-4-2-1-3-5-14/h1-6,8,10-11,22-23H,7,9,12-13H2/t20-/m1/s1. The zero-order valence-electron chi connectivity index (χ0n) is 13.3. The van der Waals surface area contributed by atoms with Crippen molar-refractivity contribution < 1.29 is 9.18 Å². The van der Waals surface area contributed by atoms with Crippen molar-refractivity contribution in [2.24, 2.45) is 5.41 Å². The molecular formula is C20H19FN2O. The van der Waals surface area contributed by atoms with Crippen molar-refractivity contribution >= 4 is 16.7 Å². The van der Waals surface area contributed by atoms with Gasteiger partial charge in [0.05, 0.1) is 10.9 Å². The molecule has 0 spiro atoms. The van der Waals surface area contributed by atoms with Gasteiger partial charge < -0.3 is 10.3 Å². The summed E-state index contributed by atoms with van der Waals surface area (Å²) in [5.74, 6) is -0.347. The van der Waals surface area contributed by atoms with Gasteiger partial charge in [0, 0.05) is 23.7 Å². The van der Waals surface area contributed by atoms with E-state index in [0.717, 1.165) is 23.9 Å². The minimum atomic E-state index is -0.502. The number of carbonyl (C=O) groups is 1. The molecule has 2 N–H and O–H groups in total. The molecule has 1 aromatic heterocycles. The molecule has 0 amide bonds. The average Bonchev–Trinajstić information content (AvgIpc) is 3.25. The van der Waals surface area contributed by atoms with Crippen LogP contribution in [0.25, 0.3) is 10.9 Å². The third kappa shape index (κ3) is 2.53. The Balaban J connectivity index is 1.73. The van der Waals surface area contributed by atoms with Gasteiger partial charge in [-0.3, -0.25) is 4.79 Å². The monoisotopic (exact) mass is 322 g/mol. The normalized spacial score (nSPS) is 20.5. The summed E-state index contributed by atoms with van der Waals surface area (Å²) in [6.45, 7) is 1.45. The number of benzene rings is 2. The second kappa shape index (κ2) is 5.87. The lowest BCUT2D eigenvalue weighted by atomic mass is 9.74. The van der Waals surface area contributed by atoms with E-state index in [1.54, 1.807) is 18.3 Å². The summed E-state index contributed by atoms with van der Waals surface area (Å²) in [5.41, 5.74) is 1.54. The second-order valence-corrected chi connectivity index (χ2v) is 6.60. The van der Waals surface area contributed by atoms with E-state index in [2.05, 4.69) is 10.3 Å². The molecule has 0 saturated carbocycles. The summed E-state index contributed by atoms with van der Waals surface area (Å²) in [6, 6.07) is 15.0. The van der Waals surface area contributed by atoms with Crippen LogP contribution in [0.2, 0.25) is 0 Å². The number of Topliss-reactive ketones (excluding diaryl/α,β-unsaturated/α-hetero) is 1. The van der Waals surface area contributed by atoms with Crippen LogP contribution < -0.4 is 5.32 Å². The number of H-pyrrole nitrogens is 1. The Morgan fingerprint density at radius 3 is 2.75 bits per heavy atom. The Morgan fingerprint density at radius 2 is 2.00 bits per heavy atom. The van der Waals surface area contributed by atoms with Crippen LogP contribution in [-0.2, 0) is 6.42 Å². The quantitative estimate of drug-likeness (QED) is 0.719. The molecule has 0 bridgehead atoms. The Hall–Kier alpha value is -2.46. The lowest BCUT2D eigenvalue weighted by molar-refractivity contribution is 0.0815. The maximum atomic E-state index is 14.3. The summed E-state index contributed by atoms with van der Waals surface area (Å²) >= 11 is 0. The van der Waals surface area contributed by atoms with Gasteiger partial charge in [0.2, 0.25) is 0 Å². The second-order valence-electron chi connectivity index (χ2n) is 6.60. The molecule has 4 heteroatoms. The van der Waals surface area contributed by atoms with Gasteiger partial charge in [0.25, 0.3) is 0 Å². The van der Waals surface area contributed by atoms with Crippen LogP contribution >= 0.6 is 0 Å². The number of ketones is 1. The first-order valence-electron chi connectivity index (χ1n) is 8.24. The van der Waals surface area contributed by atoms with Crippen LogP contribution in [0.1, 0.15) is 22.3 Å². The molecule has 1 aliphatic heterocycles. The molecule has 3 aromatic rings. The topological polar surface area (TPSA) is 44.9 Å². The van der Waals surface area contributed by atoms with Crippen molar-refractivity contribution in [1.29, 1.82) is 0 Å². The third-order valence-corrected chi connectivity index (χ3v) is 4.98. The first-order chi connectivity index (χ1) is 11.7. The van der Waals surface area contributed by atoms with Crippen LogP contribution in [0.5, 0.6) is 0 Å². The lowest BCUT2D eigenvalue weighted by Crippen LogP contribution is -2.36. The van der Waals surface area contributed by atoms with Gasteiger partial charge in [0.15, 0.2) is 5.78 Å². The highest BCUT2D eigenvalue weighted by Crippen LogP contribution is 2.35. The lowest BCUT2D eigenvalue weighted by Gasteiger charge is -2.27. The number of halogens is 1. The van der Waals surface area contributed by atoms with Crippen molar-refractivity contribution in [1.82, 2.24) is 10.3 Å². The molecule has 2 heterocycles. The molecule has 3 nitrogen and oxygen atoms in total. The summed E-state index contributed by atoms with van der Waals surface area (Å²) in [5, 5.41) is 4.05. The minimum Gasteiger partial charge on any atom is -0.359 e. The van der Waals surface area contributed by atoms with Crippen LogP contribution in [0.4, 0.5) is 4.39 Å². The molecule has 0 aliphatic carbocycles.